The molecular weight excluding hydrogens is 290 g/mol. The molecule has 1 aromatic heterocycles. The van der Waals surface area contributed by atoms with Gasteiger partial charge in [0.15, 0.2) is 0 Å². The Bertz CT molecular complexity index is 637. The van der Waals surface area contributed by atoms with Crippen LogP contribution in [0.2, 0.25) is 0 Å². The highest BCUT2D eigenvalue weighted by molar-refractivity contribution is 5.76. The monoisotopic (exact) mass is 315 g/mol. The number of nitrogens with zero attached hydrogens (tertiary/aromatic N) is 2. The van der Waals surface area contributed by atoms with Gasteiger partial charge in [0.05, 0.1) is 11.8 Å². The van der Waals surface area contributed by atoms with Gasteiger partial charge in [-0.1, -0.05) is 30.3 Å². The van der Waals surface area contributed by atoms with Gasteiger partial charge in [0.1, 0.15) is 0 Å². The van der Waals surface area contributed by atoms with Crippen LogP contribution in [0.4, 0.5) is 0 Å². The van der Waals surface area contributed by atoms with Gasteiger partial charge in [0, 0.05) is 32.1 Å². The van der Waals surface area contributed by atoms with Crippen molar-refractivity contribution in [1.29, 1.82) is 0 Å². The lowest BCUT2D eigenvalue weighted by molar-refractivity contribution is -0.130. The Labute approximate surface area is 137 Å². The molecule has 5 heteroatoms. The summed E-state index contributed by atoms with van der Waals surface area (Å²) >= 11 is 0. The van der Waals surface area contributed by atoms with Gasteiger partial charge in [0.25, 0.3) is 0 Å². The Morgan fingerprint density at radius 1 is 1.30 bits per heavy atom. The topological polar surface area (TPSA) is 69.2 Å². The lowest BCUT2D eigenvalue weighted by atomic mass is 10.1. The van der Waals surface area contributed by atoms with Crippen molar-refractivity contribution in [2.75, 3.05) is 13.6 Å². The maximum absolute atomic E-state index is 12.2. The summed E-state index contributed by atoms with van der Waals surface area (Å²) in [5.74, 6) is 0.0744. The lowest BCUT2D eigenvalue weighted by Gasteiger charge is -2.19. The van der Waals surface area contributed by atoms with E-state index >= 15 is 0 Å². The number of carbonyl (C=O) groups is 1. The van der Waals surface area contributed by atoms with Crippen LogP contribution in [0.3, 0.4) is 0 Å². The van der Waals surface area contributed by atoms with Crippen LogP contribution < -0.4 is 0 Å². The minimum absolute atomic E-state index is 0.0744. The Balaban J connectivity index is 1.78. The van der Waals surface area contributed by atoms with Gasteiger partial charge < -0.3 is 10.0 Å². The van der Waals surface area contributed by atoms with E-state index in [0.29, 0.717) is 25.8 Å². The average molecular weight is 315 g/mol. The molecule has 0 aliphatic carbocycles. The lowest BCUT2D eigenvalue weighted by Crippen LogP contribution is -2.29. The van der Waals surface area contributed by atoms with Crippen molar-refractivity contribution in [2.24, 2.45) is 0 Å². The summed E-state index contributed by atoms with van der Waals surface area (Å²) < 4.78 is 0. The van der Waals surface area contributed by atoms with Crippen molar-refractivity contribution in [3.8, 4) is 0 Å². The van der Waals surface area contributed by atoms with Crippen LogP contribution >= 0.6 is 0 Å². The number of rotatable bonds is 7. The minimum atomic E-state index is -0.539. The second-order valence-electron chi connectivity index (χ2n) is 5.95. The van der Waals surface area contributed by atoms with Crippen molar-refractivity contribution in [3.63, 3.8) is 0 Å². The van der Waals surface area contributed by atoms with Gasteiger partial charge in [-0.15, -0.1) is 0 Å². The highest BCUT2D eigenvalue weighted by Crippen LogP contribution is 2.16. The first kappa shape index (κ1) is 17.2. The fraction of sp³-hybridized carbons (Fsp3) is 0.444. The van der Waals surface area contributed by atoms with Crippen LogP contribution in [0.1, 0.15) is 41.5 Å². The SMILES string of the molecule is Cc1[nH]nc(CCC(=O)N(C)CCC(O)c2ccccc2)c1C. The van der Waals surface area contributed by atoms with Gasteiger partial charge >= 0.3 is 0 Å². The number of aliphatic hydroxyl groups excluding tert-OH is 1. The number of benzene rings is 1. The summed E-state index contributed by atoms with van der Waals surface area (Å²) in [6, 6.07) is 9.53. The standard InChI is InChI=1S/C18H25N3O2/c1-13-14(2)19-20-16(13)9-10-18(23)21(3)12-11-17(22)15-7-5-4-6-8-15/h4-8,17,22H,9-12H2,1-3H3,(H,19,20). The van der Waals surface area contributed by atoms with E-state index in [1.54, 1.807) is 11.9 Å². The highest BCUT2D eigenvalue weighted by atomic mass is 16.3. The van der Waals surface area contributed by atoms with Gasteiger partial charge in [-0.25, -0.2) is 0 Å². The molecule has 1 unspecified atom stereocenters. The van der Waals surface area contributed by atoms with Crippen molar-refractivity contribution in [2.45, 2.75) is 39.2 Å². The molecule has 0 saturated heterocycles. The largest absolute Gasteiger partial charge is 0.388 e. The van der Waals surface area contributed by atoms with Gasteiger partial charge in [-0.3, -0.25) is 9.89 Å². The zero-order valence-electron chi connectivity index (χ0n) is 14.0. The molecule has 5 nitrogen and oxygen atoms in total. The molecule has 0 bridgehead atoms. The predicted molar refractivity (Wildman–Crippen MR) is 90.0 cm³/mol. The fourth-order valence-corrected chi connectivity index (χ4v) is 2.48. The van der Waals surface area contributed by atoms with Crippen molar-refractivity contribution in [1.82, 2.24) is 15.1 Å². The second kappa shape index (κ2) is 7.92. The maximum atomic E-state index is 12.2. The van der Waals surface area contributed by atoms with Crippen LogP contribution in [-0.4, -0.2) is 39.7 Å². The molecule has 1 heterocycles. The number of hydrogen-bond acceptors (Lipinski definition) is 3. The number of H-pyrrole nitrogens is 1. The van der Waals surface area contributed by atoms with Crippen LogP contribution in [0, 0.1) is 13.8 Å². The number of amides is 1. The first-order chi connectivity index (χ1) is 11.0. The third-order valence-corrected chi connectivity index (χ3v) is 4.28. The fourth-order valence-electron chi connectivity index (χ4n) is 2.48. The molecule has 1 aromatic carbocycles. The number of nitrogens with one attached hydrogen (secondary N) is 1. The molecule has 0 aliphatic heterocycles. The first-order valence-electron chi connectivity index (χ1n) is 7.96. The van der Waals surface area contributed by atoms with E-state index in [2.05, 4.69) is 10.2 Å². The number of aromatic nitrogens is 2. The molecule has 2 aromatic rings. The number of hydrogen-bond donors (Lipinski definition) is 2. The summed E-state index contributed by atoms with van der Waals surface area (Å²) in [5.41, 5.74) is 4.01. The highest BCUT2D eigenvalue weighted by Gasteiger charge is 2.14. The third-order valence-electron chi connectivity index (χ3n) is 4.28. The maximum Gasteiger partial charge on any atom is 0.222 e. The summed E-state index contributed by atoms with van der Waals surface area (Å²) in [5, 5.41) is 17.3. The smallest absolute Gasteiger partial charge is 0.222 e. The Hall–Kier alpha value is -2.14. The van der Waals surface area contributed by atoms with E-state index in [0.717, 1.165) is 22.5 Å². The quantitative estimate of drug-likeness (QED) is 0.825. The Morgan fingerprint density at radius 2 is 2.00 bits per heavy atom. The molecule has 2 N–H and O–H groups in total. The van der Waals surface area contributed by atoms with E-state index in [9.17, 15) is 9.90 Å². The van der Waals surface area contributed by atoms with Crippen LogP contribution in [0.5, 0.6) is 0 Å². The van der Waals surface area contributed by atoms with E-state index in [1.807, 2.05) is 44.2 Å². The molecule has 0 aliphatic rings. The van der Waals surface area contributed by atoms with Crippen molar-refractivity contribution >= 4 is 5.91 Å². The molecule has 1 amide bonds. The molecule has 0 spiro atoms. The number of aryl methyl sites for hydroxylation is 2. The summed E-state index contributed by atoms with van der Waals surface area (Å²) in [7, 11) is 1.78. The summed E-state index contributed by atoms with van der Waals surface area (Å²) in [4.78, 5) is 13.9. The third kappa shape index (κ3) is 4.66. The van der Waals surface area contributed by atoms with E-state index in [-0.39, 0.29) is 5.91 Å². The van der Waals surface area contributed by atoms with Crippen molar-refractivity contribution in [3.05, 3.63) is 52.8 Å². The average Bonchev–Trinajstić information content (AvgIpc) is 2.89. The van der Waals surface area contributed by atoms with Gasteiger partial charge in [-0.05, 0) is 31.4 Å². The number of aliphatic hydroxyl groups is 1. The molecule has 0 radical (unpaired) electrons. The van der Waals surface area contributed by atoms with Crippen LogP contribution in [-0.2, 0) is 11.2 Å². The van der Waals surface area contributed by atoms with Gasteiger partial charge in [0.2, 0.25) is 5.91 Å². The zero-order valence-corrected chi connectivity index (χ0v) is 14.0. The summed E-state index contributed by atoms with van der Waals surface area (Å²) in [6.45, 7) is 4.52. The molecule has 0 saturated carbocycles. The summed E-state index contributed by atoms with van der Waals surface area (Å²) in [6.07, 6.45) is 1.07. The first-order valence-corrected chi connectivity index (χ1v) is 7.96. The molecule has 1 atom stereocenters. The van der Waals surface area contributed by atoms with Crippen LogP contribution in [0.25, 0.3) is 0 Å². The second-order valence-corrected chi connectivity index (χ2v) is 5.95. The molecule has 23 heavy (non-hydrogen) atoms. The van der Waals surface area contributed by atoms with Crippen molar-refractivity contribution < 1.29 is 9.90 Å². The number of carbonyl (C=O) groups excluding carboxylic acids is 1. The van der Waals surface area contributed by atoms with Crippen LogP contribution in [0.15, 0.2) is 30.3 Å². The Morgan fingerprint density at radius 3 is 2.61 bits per heavy atom. The van der Waals surface area contributed by atoms with Gasteiger partial charge in [-0.2, -0.15) is 5.10 Å². The Kier molecular flexibility index (Phi) is 5.93. The molecule has 0 fully saturated rings. The van der Waals surface area contributed by atoms with E-state index in [1.165, 1.54) is 0 Å². The normalized spacial score (nSPS) is 12.2. The zero-order chi connectivity index (χ0) is 16.8. The minimum Gasteiger partial charge on any atom is -0.388 e. The molecule has 2 rings (SSSR count). The van der Waals surface area contributed by atoms with E-state index in [4.69, 9.17) is 0 Å². The number of aromatic amines is 1. The molecule has 124 valence electrons. The predicted octanol–water partition coefficient (Wildman–Crippen LogP) is 2.54. The molecular formula is C18H25N3O2. The van der Waals surface area contributed by atoms with E-state index < -0.39 is 6.10 Å².